The monoisotopic (exact) mass is 288 g/mol. The molecule has 0 saturated heterocycles. The second-order valence-corrected chi connectivity index (χ2v) is 6.73. The molecule has 0 radical (unpaired) electrons. The number of hydrogen-bond donors (Lipinski definition) is 1. The molecule has 1 aliphatic rings. The average molecular weight is 288 g/mol. The summed E-state index contributed by atoms with van der Waals surface area (Å²) in [7, 11) is 1.79. The van der Waals surface area contributed by atoms with Crippen molar-refractivity contribution in [3.05, 3.63) is 17.1 Å². The van der Waals surface area contributed by atoms with Gasteiger partial charge in [-0.2, -0.15) is 0 Å². The van der Waals surface area contributed by atoms with Crippen LogP contribution in [0.1, 0.15) is 43.4 Å². The lowest BCUT2D eigenvalue weighted by atomic mass is 9.64. The lowest BCUT2D eigenvalue weighted by Gasteiger charge is -2.52. The topological polar surface area (TPSA) is 66.0 Å². The minimum atomic E-state index is 0.0888. The number of aryl methyl sites for hydroxylation is 2. The van der Waals surface area contributed by atoms with Gasteiger partial charge in [0.1, 0.15) is 17.3 Å². The molecule has 0 amide bonds. The van der Waals surface area contributed by atoms with Gasteiger partial charge in [0.2, 0.25) is 0 Å². The number of hydrogen-bond acceptors (Lipinski definition) is 4. The molecule has 5 heteroatoms. The van der Waals surface area contributed by atoms with Gasteiger partial charge in [0.15, 0.2) is 0 Å². The van der Waals surface area contributed by atoms with Gasteiger partial charge >= 0.3 is 0 Å². The van der Waals surface area contributed by atoms with E-state index < -0.39 is 0 Å². The maximum atomic E-state index is 6.13. The fourth-order valence-corrected chi connectivity index (χ4v) is 3.72. The summed E-state index contributed by atoms with van der Waals surface area (Å²) in [6.07, 6.45) is 1.30. The molecule has 0 aromatic carbocycles. The minimum Gasteiger partial charge on any atom is -0.383 e. The molecule has 2 aromatic rings. The molecule has 0 spiro atoms. The molecule has 2 N–H and O–H groups in total. The van der Waals surface area contributed by atoms with E-state index in [0.29, 0.717) is 18.0 Å². The fourth-order valence-electron chi connectivity index (χ4n) is 3.72. The summed E-state index contributed by atoms with van der Waals surface area (Å²) in [5, 5.41) is 0.995. The molecular weight excluding hydrogens is 264 g/mol. The first-order valence-electron chi connectivity index (χ1n) is 7.43. The summed E-state index contributed by atoms with van der Waals surface area (Å²) >= 11 is 0. The summed E-state index contributed by atoms with van der Waals surface area (Å²) in [4.78, 5) is 8.98. The standard InChI is InChI=1S/C16H24N4O/c1-8-9(2)20(11-7-12(21-6)16(11,4)5)15-13(8)14(17)18-10(3)19-15/h11-12H,7H2,1-6H3,(H2,17,18,19). The van der Waals surface area contributed by atoms with E-state index in [9.17, 15) is 0 Å². The van der Waals surface area contributed by atoms with E-state index in [1.807, 2.05) is 6.92 Å². The van der Waals surface area contributed by atoms with Crippen molar-refractivity contribution >= 4 is 16.9 Å². The van der Waals surface area contributed by atoms with Crippen molar-refractivity contribution in [2.24, 2.45) is 5.41 Å². The highest BCUT2D eigenvalue weighted by molar-refractivity contribution is 5.91. The number of nitrogen functional groups attached to an aromatic ring is 1. The van der Waals surface area contributed by atoms with Gasteiger partial charge in [-0.05, 0) is 32.8 Å². The normalized spacial score (nSPS) is 24.3. The van der Waals surface area contributed by atoms with E-state index in [0.717, 1.165) is 23.3 Å². The summed E-state index contributed by atoms with van der Waals surface area (Å²) in [6.45, 7) is 10.6. The van der Waals surface area contributed by atoms with E-state index in [-0.39, 0.29) is 5.41 Å². The Labute approximate surface area is 125 Å². The van der Waals surface area contributed by atoms with Crippen LogP contribution in [0.2, 0.25) is 0 Å². The van der Waals surface area contributed by atoms with E-state index in [2.05, 4.69) is 42.2 Å². The smallest absolute Gasteiger partial charge is 0.146 e. The molecule has 1 saturated carbocycles. The zero-order valence-electron chi connectivity index (χ0n) is 13.7. The molecule has 2 heterocycles. The predicted molar refractivity (Wildman–Crippen MR) is 84.4 cm³/mol. The van der Waals surface area contributed by atoms with Crippen molar-refractivity contribution in [1.82, 2.24) is 14.5 Å². The molecule has 0 bridgehead atoms. The van der Waals surface area contributed by atoms with Gasteiger partial charge < -0.3 is 15.0 Å². The van der Waals surface area contributed by atoms with E-state index in [1.54, 1.807) is 7.11 Å². The Bertz CT molecular complexity index is 717. The van der Waals surface area contributed by atoms with Crippen molar-refractivity contribution in [2.75, 3.05) is 12.8 Å². The third-order valence-corrected chi connectivity index (χ3v) is 5.26. The number of aromatic nitrogens is 3. The SMILES string of the molecule is COC1CC(n2c(C)c(C)c3c(N)nc(C)nc32)C1(C)C. The van der Waals surface area contributed by atoms with Crippen LogP contribution in [-0.2, 0) is 4.74 Å². The fraction of sp³-hybridized carbons (Fsp3) is 0.625. The van der Waals surface area contributed by atoms with Crippen LogP contribution in [0.25, 0.3) is 11.0 Å². The van der Waals surface area contributed by atoms with Crippen LogP contribution in [0.15, 0.2) is 0 Å². The molecule has 5 nitrogen and oxygen atoms in total. The van der Waals surface area contributed by atoms with Crippen LogP contribution in [0, 0.1) is 26.2 Å². The quantitative estimate of drug-likeness (QED) is 0.922. The Kier molecular flexibility index (Phi) is 3.03. The maximum Gasteiger partial charge on any atom is 0.146 e. The number of nitrogens with two attached hydrogens (primary N) is 1. The number of nitrogens with zero attached hydrogens (tertiary/aromatic N) is 3. The summed E-state index contributed by atoms with van der Waals surface area (Å²) < 4.78 is 7.93. The summed E-state index contributed by atoms with van der Waals surface area (Å²) in [5.41, 5.74) is 9.59. The zero-order chi connectivity index (χ0) is 15.5. The highest BCUT2D eigenvalue weighted by Gasteiger charge is 2.50. The predicted octanol–water partition coefficient (Wildman–Crippen LogP) is 2.92. The molecule has 3 rings (SSSR count). The van der Waals surface area contributed by atoms with Gasteiger partial charge in [-0.1, -0.05) is 13.8 Å². The third kappa shape index (κ3) is 1.80. The number of fused-ring (bicyclic) bond motifs is 1. The van der Waals surface area contributed by atoms with Gasteiger partial charge in [0, 0.05) is 24.3 Å². The van der Waals surface area contributed by atoms with E-state index >= 15 is 0 Å². The van der Waals surface area contributed by atoms with Crippen molar-refractivity contribution in [2.45, 2.75) is 53.2 Å². The second-order valence-electron chi connectivity index (χ2n) is 6.73. The molecule has 2 atom stereocenters. The number of ether oxygens (including phenoxy) is 1. The van der Waals surface area contributed by atoms with Crippen LogP contribution in [-0.4, -0.2) is 27.7 Å². The first-order valence-corrected chi connectivity index (χ1v) is 7.43. The average Bonchev–Trinajstić information content (AvgIpc) is 2.63. The summed E-state index contributed by atoms with van der Waals surface area (Å²) in [6, 6.07) is 0.382. The molecular formula is C16H24N4O. The maximum absolute atomic E-state index is 6.13. The summed E-state index contributed by atoms with van der Waals surface area (Å²) in [5.74, 6) is 1.30. The Hall–Kier alpha value is -1.62. The van der Waals surface area contributed by atoms with Crippen molar-refractivity contribution in [1.29, 1.82) is 0 Å². The van der Waals surface area contributed by atoms with Crippen molar-refractivity contribution < 1.29 is 4.74 Å². The Morgan fingerprint density at radius 2 is 1.90 bits per heavy atom. The first-order chi connectivity index (χ1) is 9.78. The van der Waals surface area contributed by atoms with Gasteiger partial charge in [0.05, 0.1) is 11.5 Å². The highest BCUT2D eigenvalue weighted by Crippen LogP contribution is 2.53. The number of methoxy groups -OCH3 is 1. The third-order valence-electron chi connectivity index (χ3n) is 5.26. The highest BCUT2D eigenvalue weighted by atomic mass is 16.5. The van der Waals surface area contributed by atoms with E-state index in [1.165, 1.54) is 11.3 Å². The van der Waals surface area contributed by atoms with Gasteiger partial charge in [-0.25, -0.2) is 9.97 Å². The Morgan fingerprint density at radius 1 is 1.24 bits per heavy atom. The second kappa shape index (κ2) is 4.44. The number of rotatable bonds is 2. The lowest BCUT2D eigenvalue weighted by Crippen LogP contribution is -2.51. The molecule has 0 aliphatic heterocycles. The first kappa shape index (κ1) is 14.3. The van der Waals surface area contributed by atoms with Crippen LogP contribution in [0.3, 0.4) is 0 Å². The van der Waals surface area contributed by atoms with Crippen LogP contribution in [0.4, 0.5) is 5.82 Å². The van der Waals surface area contributed by atoms with Crippen molar-refractivity contribution in [3.63, 3.8) is 0 Å². The van der Waals surface area contributed by atoms with Gasteiger partial charge in [-0.3, -0.25) is 0 Å². The van der Waals surface area contributed by atoms with Gasteiger partial charge in [-0.15, -0.1) is 0 Å². The minimum absolute atomic E-state index is 0.0888. The molecule has 2 aromatic heterocycles. The Balaban J connectivity index is 2.23. The largest absolute Gasteiger partial charge is 0.383 e. The molecule has 21 heavy (non-hydrogen) atoms. The van der Waals surface area contributed by atoms with E-state index in [4.69, 9.17) is 10.5 Å². The zero-order valence-corrected chi connectivity index (χ0v) is 13.7. The molecule has 114 valence electrons. The van der Waals surface area contributed by atoms with Crippen LogP contribution >= 0.6 is 0 Å². The lowest BCUT2D eigenvalue weighted by molar-refractivity contribution is -0.112. The molecule has 1 fully saturated rings. The van der Waals surface area contributed by atoms with Crippen LogP contribution in [0.5, 0.6) is 0 Å². The Morgan fingerprint density at radius 3 is 2.48 bits per heavy atom. The van der Waals surface area contributed by atoms with Crippen LogP contribution < -0.4 is 5.73 Å². The van der Waals surface area contributed by atoms with Gasteiger partial charge in [0.25, 0.3) is 0 Å². The molecule has 1 aliphatic carbocycles. The van der Waals surface area contributed by atoms with Crippen molar-refractivity contribution in [3.8, 4) is 0 Å². The number of anilines is 1. The molecule has 2 unspecified atom stereocenters.